The van der Waals surface area contributed by atoms with Crippen molar-refractivity contribution in [3.63, 3.8) is 0 Å². The minimum Gasteiger partial charge on any atom is -0.355 e. The summed E-state index contributed by atoms with van der Waals surface area (Å²) in [6.45, 7) is 9.11. The highest BCUT2D eigenvalue weighted by atomic mass is 16.5. The van der Waals surface area contributed by atoms with Gasteiger partial charge in [0, 0.05) is 24.1 Å². The molecule has 3 rings (SSSR count). The third kappa shape index (κ3) is 4.66. The monoisotopic (exact) mass is 342 g/mol. The number of benzene rings is 1. The first-order chi connectivity index (χ1) is 11.9. The highest BCUT2D eigenvalue weighted by Gasteiger charge is 2.26. The first-order valence-corrected chi connectivity index (χ1v) is 8.80. The van der Waals surface area contributed by atoms with Gasteiger partial charge >= 0.3 is 0 Å². The lowest BCUT2D eigenvalue weighted by atomic mass is 9.95. The van der Waals surface area contributed by atoms with Crippen molar-refractivity contribution in [3.05, 3.63) is 36.2 Å². The predicted octanol–water partition coefficient (Wildman–Crippen LogP) is 2.72. The normalized spacial score (nSPS) is 18.4. The minimum atomic E-state index is -0.337. The smallest absolute Gasteiger partial charge is 0.241 e. The molecule has 1 aliphatic heterocycles. The van der Waals surface area contributed by atoms with Crippen molar-refractivity contribution in [3.8, 4) is 11.4 Å². The zero-order valence-electron chi connectivity index (χ0n) is 15.2. The fraction of sp³-hybridized carbons (Fsp3) is 0.526. The standard InChI is InChI=1S/C19H26N4O2/c1-19(2,3)18(24)20-11-14-9-10-23(12-14)13-16-21-17(22-25-16)15-7-5-4-6-8-15/h4-8,14H,9-13H2,1-3H3,(H,20,24)/t14-/m1/s1. The van der Waals surface area contributed by atoms with Gasteiger partial charge in [-0.05, 0) is 18.9 Å². The minimum absolute atomic E-state index is 0.107. The quantitative estimate of drug-likeness (QED) is 0.904. The second-order valence-electron chi connectivity index (χ2n) is 7.73. The SMILES string of the molecule is CC(C)(C)C(=O)NC[C@H]1CCN(Cc2nc(-c3ccccc3)no2)C1. The highest BCUT2D eigenvalue weighted by molar-refractivity contribution is 5.81. The van der Waals surface area contributed by atoms with Crippen LogP contribution in [0.15, 0.2) is 34.9 Å². The van der Waals surface area contributed by atoms with Crippen LogP contribution in [-0.4, -0.2) is 40.6 Å². The van der Waals surface area contributed by atoms with Gasteiger partial charge in [0.2, 0.25) is 17.6 Å². The van der Waals surface area contributed by atoms with Gasteiger partial charge in [0.25, 0.3) is 0 Å². The zero-order valence-corrected chi connectivity index (χ0v) is 15.2. The molecule has 0 radical (unpaired) electrons. The fourth-order valence-electron chi connectivity index (χ4n) is 2.94. The molecule has 1 fully saturated rings. The van der Waals surface area contributed by atoms with Crippen molar-refractivity contribution in [1.29, 1.82) is 0 Å². The lowest BCUT2D eigenvalue weighted by Gasteiger charge is -2.20. The summed E-state index contributed by atoms with van der Waals surface area (Å²) in [4.78, 5) is 18.8. The Morgan fingerprint density at radius 2 is 2.08 bits per heavy atom. The number of carbonyl (C=O) groups excluding carboxylic acids is 1. The van der Waals surface area contributed by atoms with E-state index in [2.05, 4.69) is 20.4 Å². The number of nitrogens with zero attached hydrogens (tertiary/aromatic N) is 3. The molecule has 6 heteroatoms. The molecule has 0 aliphatic carbocycles. The Hall–Kier alpha value is -2.21. The number of amides is 1. The Morgan fingerprint density at radius 3 is 2.80 bits per heavy atom. The molecule has 1 saturated heterocycles. The molecule has 1 amide bonds. The summed E-state index contributed by atoms with van der Waals surface area (Å²) in [5.74, 6) is 1.85. The van der Waals surface area contributed by atoms with E-state index < -0.39 is 0 Å². The topological polar surface area (TPSA) is 71.3 Å². The molecule has 0 saturated carbocycles. The molecule has 2 heterocycles. The van der Waals surface area contributed by atoms with Crippen LogP contribution in [0.3, 0.4) is 0 Å². The second-order valence-corrected chi connectivity index (χ2v) is 7.73. The molecule has 2 aromatic rings. The fourth-order valence-corrected chi connectivity index (χ4v) is 2.94. The summed E-state index contributed by atoms with van der Waals surface area (Å²) in [6.07, 6.45) is 1.07. The lowest BCUT2D eigenvalue weighted by Crippen LogP contribution is -2.38. The lowest BCUT2D eigenvalue weighted by molar-refractivity contribution is -0.128. The summed E-state index contributed by atoms with van der Waals surface area (Å²) in [6, 6.07) is 9.83. The number of hydrogen-bond donors (Lipinski definition) is 1. The van der Waals surface area contributed by atoms with Crippen molar-refractivity contribution in [2.45, 2.75) is 33.7 Å². The summed E-state index contributed by atoms with van der Waals surface area (Å²) < 4.78 is 5.39. The van der Waals surface area contributed by atoms with E-state index >= 15 is 0 Å². The second kappa shape index (κ2) is 7.35. The van der Waals surface area contributed by atoms with E-state index in [1.54, 1.807) is 0 Å². The Kier molecular flexibility index (Phi) is 5.18. The molecular formula is C19H26N4O2. The Labute approximate surface area is 148 Å². The highest BCUT2D eigenvalue weighted by Crippen LogP contribution is 2.20. The molecule has 1 aromatic heterocycles. The average Bonchev–Trinajstić information content (AvgIpc) is 3.22. The van der Waals surface area contributed by atoms with Crippen molar-refractivity contribution in [2.24, 2.45) is 11.3 Å². The van der Waals surface area contributed by atoms with Crippen molar-refractivity contribution < 1.29 is 9.32 Å². The first kappa shape index (κ1) is 17.6. The number of rotatable bonds is 5. The molecule has 1 N–H and O–H groups in total. The molecule has 6 nitrogen and oxygen atoms in total. The first-order valence-electron chi connectivity index (χ1n) is 8.80. The van der Waals surface area contributed by atoms with Crippen LogP contribution in [0.2, 0.25) is 0 Å². The number of likely N-dealkylation sites (tertiary alicyclic amines) is 1. The van der Waals surface area contributed by atoms with Crippen LogP contribution in [0, 0.1) is 11.3 Å². The Morgan fingerprint density at radius 1 is 1.32 bits per heavy atom. The summed E-state index contributed by atoms with van der Waals surface area (Å²) in [5, 5.41) is 7.12. The van der Waals surface area contributed by atoms with Gasteiger partial charge in [-0.2, -0.15) is 4.98 Å². The average molecular weight is 342 g/mol. The van der Waals surface area contributed by atoms with E-state index in [0.29, 0.717) is 24.2 Å². The third-order valence-corrected chi connectivity index (χ3v) is 4.46. The van der Waals surface area contributed by atoms with Gasteiger partial charge in [-0.15, -0.1) is 0 Å². The number of carbonyl (C=O) groups is 1. The molecule has 25 heavy (non-hydrogen) atoms. The van der Waals surface area contributed by atoms with Gasteiger partial charge in [-0.3, -0.25) is 9.69 Å². The number of nitrogens with one attached hydrogen (secondary N) is 1. The van der Waals surface area contributed by atoms with Crippen LogP contribution in [0.1, 0.15) is 33.1 Å². The number of hydrogen-bond acceptors (Lipinski definition) is 5. The summed E-state index contributed by atoms with van der Waals surface area (Å²) in [5.41, 5.74) is 0.622. The molecule has 1 aliphatic rings. The van der Waals surface area contributed by atoms with Crippen molar-refractivity contribution in [2.75, 3.05) is 19.6 Å². The van der Waals surface area contributed by atoms with Crippen LogP contribution >= 0.6 is 0 Å². The maximum Gasteiger partial charge on any atom is 0.241 e. The number of aromatic nitrogens is 2. The predicted molar refractivity (Wildman–Crippen MR) is 95.6 cm³/mol. The van der Waals surface area contributed by atoms with Crippen molar-refractivity contribution >= 4 is 5.91 Å². The van der Waals surface area contributed by atoms with Crippen LogP contribution in [-0.2, 0) is 11.3 Å². The van der Waals surface area contributed by atoms with Crippen LogP contribution < -0.4 is 5.32 Å². The molecule has 134 valence electrons. The van der Waals surface area contributed by atoms with Crippen molar-refractivity contribution in [1.82, 2.24) is 20.4 Å². The molecule has 1 atom stereocenters. The van der Waals surface area contributed by atoms with E-state index in [1.807, 2.05) is 51.1 Å². The van der Waals surface area contributed by atoms with Gasteiger partial charge in [-0.1, -0.05) is 56.3 Å². The molecular weight excluding hydrogens is 316 g/mol. The Balaban J connectivity index is 1.49. The van der Waals surface area contributed by atoms with E-state index in [1.165, 1.54) is 0 Å². The zero-order chi connectivity index (χ0) is 17.9. The Bertz CT molecular complexity index is 706. The molecule has 0 spiro atoms. The van der Waals surface area contributed by atoms with Gasteiger partial charge < -0.3 is 9.84 Å². The van der Waals surface area contributed by atoms with E-state index in [0.717, 1.165) is 31.6 Å². The summed E-state index contributed by atoms with van der Waals surface area (Å²) in [7, 11) is 0. The molecule has 0 bridgehead atoms. The van der Waals surface area contributed by atoms with E-state index in [-0.39, 0.29) is 11.3 Å². The largest absolute Gasteiger partial charge is 0.355 e. The maximum absolute atomic E-state index is 12.0. The molecule has 0 unspecified atom stereocenters. The van der Waals surface area contributed by atoms with Gasteiger partial charge in [0.05, 0.1) is 6.54 Å². The molecule has 1 aromatic carbocycles. The van der Waals surface area contributed by atoms with Gasteiger partial charge in [0.1, 0.15) is 0 Å². The summed E-state index contributed by atoms with van der Waals surface area (Å²) >= 11 is 0. The van der Waals surface area contributed by atoms with Gasteiger partial charge in [0.15, 0.2) is 0 Å². The van der Waals surface area contributed by atoms with E-state index in [4.69, 9.17) is 4.52 Å². The van der Waals surface area contributed by atoms with Crippen LogP contribution in [0.4, 0.5) is 0 Å². The third-order valence-electron chi connectivity index (χ3n) is 4.46. The van der Waals surface area contributed by atoms with Gasteiger partial charge in [-0.25, -0.2) is 0 Å². The van der Waals surface area contributed by atoms with Crippen LogP contribution in [0.5, 0.6) is 0 Å². The van der Waals surface area contributed by atoms with E-state index in [9.17, 15) is 4.79 Å². The van der Waals surface area contributed by atoms with Crippen LogP contribution in [0.25, 0.3) is 11.4 Å². The maximum atomic E-state index is 12.0.